The van der Waals surface area contributed by atoms with Crippen LogP contribution in [0.25, 0.3) is 5.69 Å². The number of hydrogen-bond donors (Lipinski definition) is 1. The molecule has 0 saturated carbocycles. The van der Waals surface area contributed by atoms with E-state index in [1.807, 2.05) is 0 Å². The molecule has 0 atom stereocenters. The third kappa shape index (κ3) is 3.25. The Hall–Kier alpha value is -3.10. The normalized spacial score (nSPS) is 11.6. The summed E-state index contributed by atoms with van der Waals surface area (Å²) in [6.07, 6.45) is 0. The maximum atomic E-state index is 13.1. The molecule has 0 bridgehead atoms. The summed E-state index contributed by atoms with van der Waals surface area (Å²) < 4.78 is 19.7. The molecule has 130 valence electrons. The van der Waals surface area contributed by atoms with E-state index in [9.17, 15) is 9.18 Å². The molecule has 1 aromatic carbocycles. The Kier molecular flexibility index (Phi) is 4.07. The van der Waals surface area contributed by atoms with Crippen LogP contribution in [0.5, 0.6) is 0 Å². The lowest BCUT2D eigenvalue weighted by molar-refractivity contribution is 0.0889. The van der Waals surface area contributed by atoms with Gasteiger partial charge >= 0.3 is 0 Å². The van der Waals surface area contributed by atoms with Gasteiger partial charge in [0.2, 0.25) is 0 Å². The molecule has 25 heavy (non-hydrogen) atoms. The van der Waals surface area contributed by atoms with Crippen LogP contribution in [0, 0.1) is 19.7 Å². The Morgan fingerprint density at radius 3 is 2.52 bits per heavy atom. The van der Waals surface area contributed by atoms with E-state index in [1.165, 1.54) is 16.8 Å². The zero-order valence-corrected chi connectivity index (χ0v) is 14.2. The Bertz CT molecular complexity index is 913. The molecule has 8 nitrogen and oxygen atoms in total. The van der Waals surface area contributed by atoms with E-state index >= 15 is 0 Å². The number of hydrogen-bond acceptors (Lipinski definition) is 6. The standard InChI is InChI=1S/C16H17FN6O2/c1-9-13(20-22-23(9)12-7-5-11(17)6-8-12)14(24)19-16(3,4)15-18-10(2)21-25-15/h5-8H,1-4H3,(H,19,24). The van der Waals surface area contributed by atoms with Crippen LogP contribution in [0.15, 0.2) is 28.8 Å². The summed E-state index contributed by atoms with van der Waals surface area (Å²) in [4.78, 5) is 16.7. The maximum absolute atomic E-state index is 13.1. The second kappa shape index (κ2) is 6.08. The molecule has 0 aliphatic heterocycles. The highest BCUT2D eigenvalue weighted by atomic mass is 19.1. The number of halogens is 1. The fourth-order valence-corrected chi connectivity index (χ4v) is 2.31. The van der Waals surface area contributed by atoms with E-state index < -0.39 is 11.4 Å². The fraction of sp³-hybridized carbons (Fsp3) is 0.312. The van der Waals surface area contributed by atoms with Gasteiger partial charge in [0.25, 0.3) is 11.8 Å². The van der Waals surface area contributed by atoms with Crippen LogP contribution in [0.1, 0.15) is 41.7 Å². The third-order valence-electron chi connectivity index (χ3n) is 3.67. The Labute approximate surface area is 143 Å². The van der Waals surface area contributed by atoms with Crippen LogP contribution < -0.4 is 5.32 Å². The van der Waals surface area contributed by atoms with E-state index in [4.69, 9.17) is 4.52 Å². The molecule has 0 radical (unpaired) electrons. The summed E-state index contributed by atoms with van der Waals surface area (Å²) in [5, 5.41) is 14.5. The summed E-state index contributed by atoms with van der Waals surface area (Å²) >= 11 is 0. The van der Waals surface area contributed by atoms with E-state index in [-0.39, 0.29) is 11.5 Å². The van der Waals surface area contributed by atoms with Crippen molar-refractivity contribution < 1.29 is 13.7 Å². The first kappa shape index (κ1) is 16.7. The monoisotopic (exact) mass is 344 g/mol. The molecule has 0 aliphatic carbocycles. The van der Waals surface area contributed by atoms with Crippen molar-refractivity contribution in [2.24, 2.45) is 0 Å². The number of amides is 1. The lowest BCUT2D eigenvalue weighted by Gasteiger charge is -2.21. The molecular weight excluding hydrogens is 327 g/mol. The van der Waals surface area contributed by atoms with Crippen LogP contribution in [0.4, 0.5) is 4.39 Å². The number of rotatable bonds is 4. The molecule has 2 heterocycles. The quantitative estimate of drug-likeness (QED) is 0.778. The van der Waals surface area contributed by atoms with Crippen molar-refractivity contribution >= 4 is 5.91 Å². The highest BCUT2D eigenvalue weighted by Crippen LogP contribution is 2.19. The van der Waals surface area contributed by atoms with Gasteiger partial charge in [-0.15, -0.1) is 5.10 Å². The first-order valence-corrected chi connectivity index (χ1v) is 7.59. The van der Waals surface area contributed by atoms with Crippen molar-refractivity contribution in [1.29, 1.82) is 0 Å². The van der Waals surface area contributed by atoms with Crippen molar-refractivity contribution in [2.45, 2.75) is 33.2 Å². The molecule has 0 saturated heterocycles. The highest BCUT2D eigenvalue weighted by molar-refractivity contribution is 5.93. The summed E-state index contributed by atoms with van der Waals surface area (Å²) in [6.45, 7) is 6.90. The molecule has 2 aromatic heterocycles. The Morgan fingerprint density at radius 2 is 1.92 bits per heavy atom. The van der Waals surface area contributed by atoms with Crippen molar-refractivity contribution in [3.8, 4) is 5.69 Å². The summed E-state index contributed by atoms with van der Waals surface area (Å²) in [6, 6.07) is 5.75. The highest BCUT2D eigenvalue weighted by Gasteiger charge is 2.31. The largest absolute Gasteiger partial charge is 0.337 e. The Balaban J connectivity index is 1.85. The fourth-order valence-electron chi connectivity index (χ4n) is 2.31. The predicted molar refractivity (Wildman–Crippen MR) is 85.6 cm³/mol. The molecule has 0 fully saturated rings. The average Bonchev–Trinajstić information content (AvgIpc) is 3.14. The Morgan fingerprint density at radius 1 is 1.24 bits per heavy atom. The van der Waals surface area contributed by atoms with Gasteiger partial charge in [0.15, 0.2) is 11.5 Å². The van der Waals surface area contributed by atoms with Gasteiger partial charge in [-0.2, -0.15) is 4.98 Å². The van der Waals surface area contributed by atoms with Gasteiger partial charge in [-0.1, -0.05) is 10.4 Å². The summed E-state index contributed by atoms with van der Waals surface area (Å²) in [7, 11) is 0. The minimum absolute atomic E-state index is 0.161. The summed E-state index contributed by atoms with van der Waals surface area (Å²) in [5.41, 5.74) is 0.428. The number of carbonyl (C=O) groups is 1. The molecule has 3 rings (SSSR count). The first-order chi connectivity index (χ1) is 11.8. The zero-order valence-electron chi connectivity index (χ0n) is 14.2. The van der Waals surface area contributed by atoms with Crippen molar-refractivity contribution in [2.75, 3.05) is 0 Å². The molecule has 1 amide bonds. The number of aromatic nitrogens is 5. The lowest BCUT2D eigenvalue weighted by atomic mass is 10.1. The van der Waals surface area contributed by atoms with Crippen LogP contribution in [-0.2, 0) is 5.54 Å². The molecule has 0 spiro atoms. The van der Waals surface area contributed by atoms with Gasteiger partial charge < -0.3 is 9.84 Å². The van der Waals surface area contributed by atoms with Gasteiger partial charge in [0.05, 0.1) is 11.4 Å². The molecule has 0 aliphatic rings. The zero-order chi connectivity index (χ0) is 18.2. The van der Waals surface area contributed by atoms with Crippen molar-refractivity contribution in [3.63, 3.8) is 0 Å². The van der Waals surface area contributed by atoms with E-state index in [0.29, 0.717) is 23.1 Å². The number of aryl methyl sites for hydroxylation is 1. The number of nitrogens with one attached hydrogen (secondary N) is 1. The van der Waals surface area contributed by atoms with Gasteiger partial charge in [-0.05, 0) is 52.0 Å². The van der Waals surface area contributed by atoms with E-state index in [2.05, 4.69) is 25.8 Å². The second-order valence-electron chi connectivity index (χ2n) is 6.14. The second-order valence-corrected chi connectivity index (χ2v) is 6.14. The van der Waals surface area contributed by atoms with Gasteiger partial charge in [-0.25, -0.2) is 9.07 Å². The van der Waals surface area contributed by atoms with Crippen LogP contribution in [-0.4, -0.2) is 31.0 Å². The van der Waals surface area contributed by atoms with Gasteiger partial charge in [-0.3, -0.25) is 4.79 Å². The van der Waals surface area contributed by atoms with Crippen LogP contribution in [0.3, 0.4) is 0 Å². The van der Waals surface area contributed by atoms with E-state index in [1.54, 1.807) is 39.8 Å². The minimum Gasteiger partial charge on any atom is -0.337 e. The van der Waals surface area contributed by atoms with Gasteiger partial charge in [0, 0.05) is 0 Å². The smallest absolute Gasteiger partial charge is 0.274 e. The number of carbonyl (C=O) groups excluding carboxylic acids is 1. The molecule has 1 N–H and O–H groups in total. The van der Waals surface area contributed by atoms with Crippen LogP contribution >= 0.6 is 0 Å². The van der Waals surface area contributed by atoms with Crippen molar-refractivity contribution in [3.05, 3.63) is 53.2 Å². The predicted octanol–water partition coefficient (Wildman–Crippen LogP) is 2.07. The topological polar surface area (TPSA) is 98.7 Å². The molecular formula is C16H17FN6O2. The average molecular weight is 344 g/mol. The lowest BCUT2D eigenvalue weighted by Crippen LogP contribution is -2.41. The molecule has 9 heteroatoms. The third-order valence-corrected chi connectivity index (χ3v) is 3.67. The first-order valence-electron chi connectivity index (χ1n) is 7.59. The van der Waals surface area contributed by atoms with Gasteiger partial charge in [0.1, 0.15) is 11.4 Å². The van der Waals surface area contributed by atoms with Crippen molar-refractivity contribution in [1.82, 2.24) is 30.5 Å². The number of benzene rings is 1. The van der Waals surface area contributed by atoms with E-state index in [0.717, 1.165) is 0 Å². The molecule has 0 unspecified atom stereocenters. The minimum atomic E-state index is -0.871. The van der Waals surface area contributed by atoms with Crippen LogP contribution in [0.2, 0.25) is 0 Å². The number of nitrogens with zero attached hydrogens (tertiary/aromatic N) is 5. The molecule has 3 aromatic rings. The summed E-state index contributed by atoms with van der Waals surface area (Å²) in [5.74, 6) is 0.000452. The maximum Gasteiger partial charge on any atom is 0.274 e. The SMILES string of the molecule is Cc1noc(C(C)(C)NC(=O)c2nnn(-c3ccc(F)cc3)c2C)n1.